The molecule has 3 N–H and O–H groups in total. The Kier molecular flexibility index (Phi) is 5.07. The van der Waals surface area contributed by atoms with Gasteiger partial charge in [-0.25, -0.2) is 8.78 Å². The molecule has 1 aromatic carbocycles. The van der Waals surface area contributed by atoms with Crippen molar-refractivity contribution in [1.29, 1.82) is 0 Å². The minimum absolute atomic E-state index is 0.0368. The molecule has 0 unspecified atom stereocenters. The minimum atomic E-state index is -1.23. The van der Waals surface area contributed by atoms with Gasteiger partial charge in [-0.3, -0.25) is 9.59 Å². The molecule has 1 saturated carbocycles. The van der Waals surface area contributed by atoms with Gasteiger partial charge in [0.25, 0.3) is 0 Å². The van der Waals surface area contributed by atoms with Crippen LogP contribution in [0.3, 0.4) is 0 Å². The summed E-state index contributed by atoms with van der Waals surface area (Å²) >= 11 is 0. The number of amides is 2. The smallest absolute Gasteiger partial charge is 0.313 e. The van der Waals surface area contributed by atoms with Crippen molar-refractivity contribution in [1.82, 2.24) is 5.32 Å². The standard InChI is InChI=1S/C15H18F2N2O3/c16-10-5-4-6-11(12(10)17)19-14(21)13(20)18-9-15(22)7-2-1-3-8-15/h4-6,22H,1-3,7-9H2,(H,18,20)(H,19,21). The van der Waals surface area contributed by atoms with E-state index in [1.165, 1.54) is 6.07 Å². The van der Waals surface area contributed by atoms with Crippen molar-refractivity contribution in [2.75, 3.05) is 11.9 Å². The van der Waals surface area contributed by atoms with E-state index in [0.717, 1.165) is 31.4 Å². The maximum absolute atomic E-state index is 13.4. The van der Waals surface area contributed by atoms with Gasteiger partial charge in [0.2, 0.25) is 0 Å². The van der Waals surface area contributed by atoms with Crippen molar-refractivity contribution in [2.24, 2.45) is 0 Å². The SMILES string of the molecule is O=C(NCC1(O)CCCCC1)C(=O)Nc1cccc(F)c1F. The zero-order chi connectivity index (χ0) is 16.2. The maximum Gasteiger partial charge on any atom is 0.313 e. The summed E-state index contributed by atoms with van der Waals surface area (Å²) in [5.41, 5.74) is -1.41. The first-order valence-electron chi connectivity index (χ1n) is 7.17. The number of aliphatic hydroxyl groups is 1. The van der Waals surface area contributed by atoms with Crippen LogP contribution in [0.5, 0.6) is 0 Å². The minimum Gasteiger partial charge on any atom is -0.388 e. The molecule has 2 amide bonds. The molecule has 5 nitrogen and oxygen atoms in total. The average molecular weight is 312 g/mol. The van der Waals surface area contributed by atoms with Crippen LogP contribution in [-0.2, 0) is 9.59 Å². The summed E-state index contributed by atoms with van der Waals surface area (Å²) in [4.78, 5) is 23.3. The zero-order valence-electron chi connectivity index (χ0n) is 12.0. The fourth-order valence-corrected chi connectivity index (χ4v) is 2.49. The molecule has 1 aliphatic carbocycles. The molecule has 0 radical (unpaired) electrons. The van der Waals surface area contributed by atoms with Gasteiger partial charge in [0.1, 0.15) is 0 Å². The third kappa shape index (κ3) is 4.00. The molecule has 0 aromatic heterocycles. The van der Waals surface area contributed by atoms with Crippen LogP contribution in [0, 0.1) is 11.6 Å². The fourth-order valence-electron chi connectivity index (χ4n) is 2.49. The van der Waals surface area contributed by atoms with Gasteiger partial charge in [0.15, 0.2) is 11.6 Å². The van der Waals surface area contributed by atoms with Crippen molar-refractivity contribution in [3.8, 4) is 0 Å². The van der Waals surface area contributed by atoms with Gasteiger partial charge in [-0.15, -0.1) is 0 Å². The van der Waals surface area contributed by atoms with E-state index in [2.05, 4.69) is 5.32 Å². The van der Waals surface area contributed by atoms with E-state index in [0.29, 0.717) is 12.8 Å². The lowest BCUT2D eigenvalue weighted by molar-refractivity contribution is -0.137. The van der Waals surface area contributed by atoms with Gasteiger partial charge < -0.3 is 15.7 Å². The molecular weight excluding hydrogens is 294 g/mol. The summed E-state index contributed by atoms with van der Waals surface area (Å²) in [5, 5.41) is 14.5. The normalized spacial score (nSPS) is 16.9. The fraction of sp³-hybridized carbons (Fsp3) is 0.467. The van der Waals surface area contributed by atoms with E-state index in [9.17, 15) is 23.5 Å². The number of nitrogens with one attached hydrogen (secondary N) is 2. The largest absolute Gasteiger partial charge is 0.388 e. The first kappa shape index (κ1) is 16.4. The molecule has 1 aliphatic rings. The Hall–Kier alpha value is -2.02. The number of hydrogen-bond donors (Lipinski definition) is 3. The Morgan fingerprint density at radius 3 is 2.50 bits per heavy atom. The molecule has 120 valence electrons. The number of benzene rings is 1. The molecule has 0 spiro atoms. The van der Waals surface area contributed by atoms with Crippen LogP contribution in [0.4, 0.5) is 14.5 Å². The topological polar surface area (TPSA) is 78.4 Å². The number of hydrogen-bond acceptors (Lipinski definition) is 3. The molecular formula is C15H18F2N2O3. The number of halogens is 2. The summed E-state index contributed by atoms with van der Waals surface area (Å²) in [6.07, 6.45) is 3.90. The van der Waals surface area contributed by atoms with Crippen LogP contribution >= 0.6 is 0 Å². The summed E-state index contributed by atoms with van der Waals surface area (Å²) in [5.74, 6) is -4.45. The Bertz CT molecular complexity index is 572. The molecule has 0 aliphatic heterocycles. The highest BCUT2D eigenvalue weighted by Crippen LogP contribution is 2.27. The van der Waals surface area contributed by atoms with Gasteiger partial charge in [-0.1, -0.05) is 25.3 Å². The van der Waals surface area contributed by atoms with E-state index < -0.39 is 34.7 Å². The second-order valence-corrected chi connectivity index (χ2v) is 5.52. The van der Waals surface area contributed by atoms with Crippen molar-refractivity contribution >= 4 is 17.5 Å². The van der Waals surface area contributed by atoms with E-state index in [-0.39, 0.29) is 6.54 Å². The summed E-state index contributed by atoms with van der Waals surface area (Å²) in [7, 11) is 0. The summed E-state index contributed by atoms with van der Waals surface area (Å²) in [6.45, 7) is -0.0368. The highest BCUT2D eigenvalue weighted by Gasteiger charge is 2.30. The molecule has 7 heteroatoms. The van der Waals surface area contributed by atoms with Crippen molar-refractivity contribution in [2.45, 2.75) is 37.7 Å². The number of rotatable bonds is 3. The van der Waals surface area contributed by atoms with E-state index in [1.807, 2.05) is 5.32 Å². The van der Waals surface area contributed by atoms with Crippen LogP contribution in [0.15, 0.2) is 18.2 Å². The van der Waals surface area contributed by atoms with Crippen LogP contribution < -0.4 is 10.6 Å². The van der Waals surface area contributed by atoms with Crippen molar-refractivity contribution in [3.05, 3.63) is 29.8 Å². The Labute approximate surface area is 126 Å². The van der Waals surface area contributed by atoms with Crippen molar-refractivity contribution < 1.29 is 23.5 Å². The number of anilines is 1. The second-order valence-electron chi connectivity index (χ2n) is 5.52. The van der Waals surface area contributed by atoms with Gasteiger partial charge in [-0.2, -0.15) is 0 Å². The molecule has 0 saturated heterocycles. The Balaban J connectivity index is 1.89. The van der Waals surface area contributed by atoms with Crippen molar-refractivity contribution in [3.63, 3.8) is 0 Å². The predicted molar refractivity (Wildman–Crippen MR) is 76.0 cm³/mol. The Morgan fingerprint density at radius 2 is 1.82 bits per heavy atom. The lowest BCUT2D eigenvalue weighted by atomic mass is 9.85. The van der Waals surface area contributed by atoms with Crippen LogP contribution in [0.25, 0.3) is 0 Å². The lowest BCUT2D eigenvalue weighted by Crippen LogP contribution is -2.47. The second kappa shape index (κ2) is 6.83. The third-order valence-corrected chi connectivity index (χ3v) is 3.77. The summed E-state index contributed by atoms with van der Waals surface area (Å²) in [6, 6.07) is 3.28. The first-order valence-corrected chi connectivity index (χ1v) is 7.17. The predicted octanol–water partition coefficient (Wildman–Crippen LogP) is 1.71. The Morgan fingerprint density at radius 1 is 1.14 bits per heavy atom. The first-order chi connectivity index (χ1) is 10.4. The molecule has 0 atom stereocenters. The molecule has 22 heavy (non-hydrogen) atoms. The van der Waals surface area contributed by atoms with Gasteiger partial charge in [0.05, 0.1) is 11.3 Å². The van der Waals surface area contributed by atoms with Crippen LogP contribution in [0.2, 0.25) is 0 Å². The number of carbonyl (C=O) groups excluding carboxylic acids is 2. The van der Waals surface area contributed by atoms with E-state index >= 15 is 0 Å². The molecule has 0 heterocycles. The maximum atomic E-state index is 13.4. The highest BCUT2D eigenvalue weighted by atomic mass is 19.2. The van der Waals surface area contributed by atoms with Crippen LogP contribution in [0.1, 0.15) is 32.1 Å². The molecule has 1 aromatic rings. The van der Waals surface area contributed by atoms with E-state index in [4.69, 9.17) is 0 Å². The highest BCUT2D eigenvalue weighted by molar-refractivity contribution is 6.39. The van der Waals surface area contributed by atoms with Crippen LogP contribution in [-0.4, -0.2) is 29.1 Å². The zero-order valence-corrected chi connectivity index (χ0v) is 12.0. The monoisotopic (exact) mass is 312 g/mol. The third-order valence-electron chi connectivity index (χ3n) is 3.77. The lowest BCUT2D eigenvalue weighted by Gasteiger charge is -2.31. The summed E-state index contributed by atoms with van der Waals surface area (Å²) < 4.78 is 26.4. The van der Waals surface area contributed by atoms with Gasteiger partial charge in [0, 0.05) is 6.54 Å². The van der Waals surface area contributed by atoms with Gasteiger partial charge >= 0.3 is 11.8 Å². The van der Waals surface area contributed by atoms with Gasteiger partial charge in [-0.05, 0) is 25.0 Å². The number of carbonyl (C=O) groups is 2. The van der Waals surface area contributed by atoms with E-state index in [1.54, 1.807) is 0 Å². The molecule has 0 bridgehead atoms. The molecule has 1 fully saturated rings. The quantitative estimate of drug-likeness (QED) is 0.744. The average Bonchev–Trinajstić information content (AvgIpc) is 2.50. The molecule has 2 rings (SSSR count).